The molecule has 2 rings (SSSR count). The molecule has 0 saturated heterocycles. The maximum Gasteiger partial charge on any atom is 0.269 e. The zero-order valence-corrected chi connectivity index (χ0v) is 11.4. The van der Waals surface area contributed by atoms with Crippen molar-refractivity contribution in [2.24, 2.45) is 0 Å². The van der Waals surface area contributed by atoms with Crippen LogP contribution in [0.1, 0.15) is 10.5 Å². The van der Waals surface area contributed by atoms with Crippen molar-refractivity contribution in [3.63, 3.8) is 0 Å². The van der Waals surface area contributed by atoms with Crippen molar-refractivity contribution in [2.45, 2.75) is 0 Å². The van der Waals surface area contributed by atoms with Gasteiger partial charge in [0.1, 0.15) is 5.69 Å². The zero-order chi connectivity index (χ0) is 13.8. The van der Waals surface area contributed by atoms with Gasteiger partial charge in [0.15, 0.2) is 0 Å². The van der Waals surface area contributed by atoms with E-state index in [0.717, 1.165) is 5.56 Å². The summed E-state index contributed by atoms with van der Waals surface area (Å²) in [5.41, 5.74) is 1.79. The van der Waals surface area contributed by atoms with Crippen LogP contribution >= 0.6 is 23.2 Å². The quantitative estimate of drug-likeness (QED) is 0.850. The highest BCUT2D eigenvalue weighted by atomic mass is 35.5. The van der Waals surface area contributed by atoms with Crippen molar-refractivity contribution >= 4 is 29.1 Å². The van der Waals surface area contributed by atoms with E-state index in [2.05, 4.69) is 22.1 Å². The standard InChI is InChI=1S/C13H11Cl2N3O/c1-2-5-16-13(19)12-7-11(17-18-12)8-3-4-9(14)10(15)6-8/h2-4,6-7H,1,5H2,(H,16,19)(H,17,18). The molecule has 1 heterocycles. The monoisotopic (exact) mass is 295 g/mol. The van der Waals surface area contributed by atoms with Crippen LogP contribution in [0.25, 0.3) is 11.3 Å². The fourth-order valence-electron chi connectivity index (χ4n) is 1.50. The summed E-state index contributed by atoms with van der Waals surface area (Å²) < 4.78 is 0. The molecule has 0 atom stereocenters. The zero-order valence-electron chi connectivity index (χ0n) is 9.91. The van der Waals surface area contributed by atoms with Gasteiger partial charge in [0.05, 0.1) is 15.7 Å². The second kappa shape index (κ2) is 5.91. The number of nitrogens with one attached hydrogen (secondary N) is 2. The van der Waals surface area contributed by atoms with E-state index in [-0.39, 0.29) is 5.91 Å². The van der Waals surface area contributed by atoms with Crippen LogP contribution in [-0.2, 0) is 0 Å². The van der Waals surface area contributed by atoms with Gasteiger partial charge in [-0.3, -0.25) is 9.89 Å². The highest BCUT2D eigenvalue weighted by molar-refractivity contribution is 6.42. The highest BCUT2D eigenvalue weighted by Crippen LogP contribution is 2.27. The Hall–Kier alpha value is -1.78. The Labute approximate surface area is 120 Å². The van der Waals surface area contributed by atoms with E-state index in [1.54, 1.807) is 30.3 Å². The minimum absolute atomic E-state index is 0.237. The molecule has 0 unspecified atom stereocenters. The van der Waals surface area contributed by atoms with Gasteiger partial charge in [0.25, 0.3) is 5.91 Å². The Morgan fingerprint density at radius 1 is 1.37 bits per heavy atom. The molecule has 1 aromatic carbocycles. The van der Waals surface area contributed by atoms with E-state index in [4.69, 9.17) is 23.2 Å². The predicted octanol–water partition coefficient (Wildman–Crippen LogP) is 3.30. The van der Waals surface area contributed by atoms with Crippen LogP contribution in [0.2, 0.25) is 10.0 Å². The predicted molar refractivity (Wildman–Crippen MR) is 76.6 cm³/mol. The summed E-state index contributed by atoms with van der Waals surface area (Å²) in [6, 6.07) is 6.82. The Kier molecular flexibility index (Phi) is 4.24. The van der Waals surface area contributed by atoms with Crippen molar-refractivity contribution in [2.75, 3.05) is 6.54 Å². The van der Waals surface area contributed by atoms with Gasteiger partial charge in [-0.15, -0.1) is 6.58 Å². The summed E-state index contributed by atoms with van der Waals surface area (Å²) in [5, 5.41) is 10.3. The molecule has 0 saturated carbocycles. The molecule has 2 aromatic rings. The summed E-state index contributed by atoms with van der Waals surface area (Å²) in [4.78, 5) is 11.7. The van der Waals surface area contributed by atoms with Gasteiger partial charge in [0.2, 0.25) is 0 Å². The van der Waals surface area contributed by atoms with Crippen molar-refractivity contribution in [3.05, 3.63) is 52.7 Å². The first-order valence-corrected chi connectivity index (χ1v) is 6.27. The molecule has 0 aliphatic rings. The molecule has 0 bridgehead atoms. The fraction of sp³-hybridized carbons (Fsp3) is 0.0769. The summed E-state index contributed by atoms with van der Waals surface area (Å²) in [7, 11) is 0. The van der Waals surface area contributed by atoms with E-state index in [9.17, 15) is 4.79 Å². The lowest BCUT2D eigenvalue weighted by Gasteiger charge is -1.99. The van der Waals surface area contributed by atoms with E-state index < -0.39 is 0 Å². The number of halogens is 2. The molecule has 1 amide bonds. The number of H-pyrrole nitrogens is 1. The molecular formula is C13H11Cl2N3O. The number of hydrogen-bond acceptors (Lipinski definition) is 2. The molecule has 0 aliphatic heterocycles. The first kappa shape index (κ1) is 13.6. The molecule has 6 heteroatoms. The molecule has 2 N–H and O–H groups in total. The minimum Gasteiger partial charge on any atom is -0.347 e. The number of aromatic amines is 1. The average molecular weight is 296 g/mol. The summed E-state index contributed by atoms with van der Waals surface area (Å²) in [6.07, 6.45) is 1.61. The lowest BCUT2D eigenvalue weighted by molar-refractivity contribution is 0.0953. The molecule has 0 radical (unpaired) electrons. The van der Waals surface area contributed by atoms with Crippen LogP contribution in [0.4, 0.5) is 0 Å². The van der Waals surface area contributed by atoms with Gasteiger partial charge < -0.3 is 5.32 Å². The Bertz CT molecular complexity index is 622. The third kappa shape index (κ3) is 3.16. The van der Waals surface area contributed by atoms with Crippen LogP contribution in [0.5, 0.6) is 0 Å². The topological polar surface area (TPSA) is 57.8 Å². The normalized spacial score (nSPS) is 10.2. The molecule has 1 aromatic heterocycles. The summed E-state index contributed by atoms with van der Waals surface area (Å²) in [6.45, 7) is 3.93. The summed E-state index contributed by atoms with van der Waals surface area (Å²) in [5.74, 6) is -0.237. The molecular weight excluding hydrogens is 285 g/mol. The summed E-state index contributed by atoms with van der Waals surface area (Å²) >= 11 is 11.8. The second-order valence-corrected chi connectivity index (χ2v) is 4.61. The van der Waals surface area contributed by atoms with Crippen LogP contribution in [0, 0.1) is 0 Å². The number of carbonyl (C=O) groups excluding carboxylic acids is 1. The lowest BCUT2D eigenvalue weighted by atomic mass is 10.1. The Balaban J connectivity index is 2.22. The number of benzene rings is 1. The average Bonchev–Trinajstić information content (AvgIpc) is 2.89. The Morgan fingerprint density at radius 3 is 2.84 bits per heavy atom. The van der Waals surface area contributed by atoms with Gasteiger partial charge >= 0.3 is 0 Å². The molecule has 0 aliphatic carbocycles. The minimum atomic E-state index is -0.237. The van der Waals surface area contributed by atoms with Crippen LogP contribution in [-0.4, -0.2) is 22.6 Å². The molecule has 19 heavy (non-hydrogen) atoms. The molecule has 0 spiro atoms. The SMILES string of the molecule is C=CCNC(=O)c1cc(-c2ccc(Cl)c(Cl)c2)n[nH]1. The number of hydrogen-bond donors (Lipinski definition) is 2. The third-order valence-corrected chi connectivity index (χ3v) is 3.18. The first-order valence-electron chi connectivity index (χ1n) is 5.51. The van der Waals surface area contributed by atoms with E-state index in [1.165, 1.54) is 0 Å². The van der Waals surface area contributed by atoms with E-state index in [0.29, 0.717) is 28.0 Å². The molecule has 0 fully saturated rings. The maximum absolute atomic E-state index is 11.7. The molecule has 98 valence electrons. The number of nitrogens with zero attached hydrogens (tertiary/aromatic N) is 1. The second-order valence-electron chi connectivity index (χ2n) is 3.79. The van der Waals surface area contributed by atoms with Crippen molar-refractivity contribution in [1.82, 2.24) is 15.5 Å². The van der Waals surface area contributed by atoms with E-state index >= 15 is 0 Å². The third-order valence-electron chi connectivity index (χ3n) is 2.44. The van der Waals surface area contributed by atoms with Gasteiger partial charge in [-0.05, 0) is 18.2 Å². The van der Waals surface area contributed by atoms with Crippen molar-refractivity contribution in [3.8, 4) is 11.3 Å². The van der Waals surface area contributed by atoms with Crippen LogP contribution in [0.15, 0.2) is 36.9 Å². The van der Waals surface area contributed by atoms with Gasteiger partial charge in [-0.1, -0.05) is 35.3 Å². The van der Waals surface area contributed by atoms with Crippen LogP contribution in [0.3, 0.4) is 0 Å². The maximum atomic E-state index is 11.7. The van der Waals surface area contributed by atoms with Crippen molar-refractivity contribution < 1.29 is 4.79 Å². The van der Waals surface area contributed by atoms with Crippen LogP contribution < -0.4 is 5.32 Å². The van der Waals surface area contributed by atoms with Gasteiger partial charge in [0, 0.05) is 12.1 Å². The largest absolute Gasteiger partial charge is 0.347 e. The first-order chi connectivity index (χ1) is 9.11. The smallest absolute Gasteiger partial charge is 0.269 e. The Morgan fingerprint density at radius 2 is 2.16 bits per heavy atom. The number of amides is 1. The molecule has 4 nitrogen and oxygen atoms in total. The highest BCUT2D eigenvalue weighted by Gasteiger charge is 2.11. The van der Waals surface area contributed by atoms with E-state index in [1.807, 2.05) is 0 Å². The lowest BCUT2D eigenvalue weighted by Crippen LogP contribution is -2.23. The van der Waals surface area contributed by atoms with Gasteiger partial charge in [-0.2, -0.15) is 5.10 Å². The fourth-order valence-corrected chi connectivity index (χ4v) is 1.80. The number of carbonyl (C=O) groups is 1. The number of aromatic nitrogens is 2. The van der Waals surface area contributed by atoms with Crippen molar-refractivity contribution in [1.29, 1.82) is 0 Å². The van der Waals surface area contributed by atoms with Gasteiger partial charge in [-0.25, -0.2) is 0 Å². The number of rotatable bonds is 4.